The minimum atomic E-state index is -0.404. The molecule has 0 unspecified atom stereocenters. The standard InChI is InChI=1S/C90H69NO3/c1-85(2)58-31-19-13-25-49(58)73-79(85)76-67(70-55-28-16-22-34-64(55)92-82(70)73)52-40-37-46(43-61(52)88(76,7)8)91(47-38-41-53-62(44-47)89(9,10)77-68(53)71-56-29-17-23-35-65(56)93-83(71)74-50-26-14-20-32-59(50)86(3,4)80(74)77)48-39-42-54-63(45-48)90(11,12)78-69(54)72-57-30-18-24-36-66(57)94-84(72)75-51-27-15-21-33-60(51)87(5,6)81(75)78/h13-45H,1-12H3. The van der Waals surface area contributed by atoms with Crippen molar-refractivity contribution < 1.29 is 13.3 Å². The van der Waals surface area contributed by atoms with Crippen LogP contribution in [0.5, 0.6) is 0 Å². The highest BCUT2D eigenvalue weighted by molar-refractivity contribution is 6.24. The molecule has 3 heterocycles. The lowest BCUT2D eigenvalue weighted by Gasteiger charge is -2.33. The van der Waals surface area contributed by atoms with Gasteiger partial charge in [-0.15, -0.1) is 0 Å². The van der Waals surface area contributed by atoms with E-state index in [4.69, 9.17) is 13.3 Å². The first kappa shape index (κ1) is 53.4. The van der Waals surface area contributed by atoms with E-state index in [0.29, 0.717) is 0 Å². The van der Waals surface area contributed by atoms with Crippen molar-refractivity contribution in [1.82, 2.24) is 0 Å². The first-order chi connectivity index (χ1) is 45.2. The second kappa shape index (κ2) is 16.8. The van der Waals surface area contributed by atoms with Crippen LogP contribution in [0.25, 0.3) is 133 Å². The summed E-state index contributed by atoms with van der Waals surface area (Å²) in [7, 11) is 0. The first-order valence-corrected chi connectivity index (χ1v) is 33.8. The molecule has 21 rings (SSSR count). The molecule has 0 aliphatic heterocycles. The molecule has 12 aromatic carbocycles. The lowest BCUT2D eigenvalue weighted by molar-refractivity contribution is 0.599. The Morgan fingerprint density at radius 3 is 0.766 bits per heavy atom. The van der Waals surface area contributed by atoms with Crippen LogP contribution >= 0.6 is 0 Å². The second-order valence-corrected chi connectivity index (χ2v) is 31.3. The van der Waals surface area contributed by atoms with Crippen molar-refractivity contribution in [3.8, 4) is 66.8 Å². The molecule has 4 nitrogen and oxygen atoms in total. The average Bonchev–Trinajstić information content (AvgIpc) is 1.51. The number of benzene rings is 12. The van der Waals surface area contributed by atoms with Crippen LogP contribution in [0.2, 0.25) is 0 Å². The molecular formula is C90H69NO3. The van der Waals surface area contributed by atoms with Gasteiger partial charge in [0.1, 0.15) is 33.5 Å². The number of nitrogens with zero attached hydrogens (tertiary/aromatic N) is 1. The van der Waals surface area contributed by atoms with Crippen LogP contribution < -0.4 is 4.90 Å². The van der Waals surface area contributed by atoms with Gasteiger partial charge in [0.05, 0.1) is 0 Å². The van der Waals surface area contributed by atoms with Gasteiger partial charge in [0, 0.05) is 98.6 Å². The smallest absolute Gasteiger partial charge is 0.144 e. The van der Waals surface area contributed by atoms with E-state index in [1.54, 1.807) is 0 Å². The van der Waals surface area contributed by atoms with Gasteiger partial charge in [0.15, 0.2) is 0 Å². The van der Waals surface area contributed by atoms with Gasteiger partial charge >= 0.3 is 0 Å². The highest BCUT2D eigenvalue weighted by atomic mass is 16.3. The molecule has 0 amide bonds. The lowest BCUT2D eigenvalue weighted by atomic mass is 9.72. The molecule has 3 aromatic heterocycles. The summed E-state index contributed by atoms with van der Waals surface area (Å²) in [4.78, 5) is 2.60. The second-order valence-electron chi connectivity index (χ2n) is 31.3. The SMILES string of the molecule is CC1(C)c2ccccc2-c2c1c1c(c3c2oc2ccccc23)-c2ccc(N(c3ccc4c(c3)C(C)(C)c3c5c(c6oc7ccccc7c6c3-4)-c3ccccc3C5(C)C)c3ccc4c(c3)C(C)(C)c3c5c(c6oc7ccccc7c6c3-4)-c3ccccc3C5(C)C)cc2C1(C)C. The third-order valence-corrected chi connectivity index (χ3v) is 24.4. The molecule has 15 aromatic rings. The Morgan fingerprint density at radius 1 is 0.234 bits per heavy atom. The third-order valence-electron chi connectivity index (χ3n) is 24.4. The van der Waals surface area contributed by atoms with Crippen molar-refractivity contribution in [1.29, 1.82) is 0 Å². The zero-order chi connectivity index (χ0) is 63.5. The quantitative estimate of drug-likeness (QED) is 0.177. The summed E-state index contributed by atoms with van der Waals surface area (Å²) >= 11 is 0. The molecule has 0 saturated carbocycles. The topological polar surface area (TPSA) is 42.7 Å². The minimum absolute atomic E-state index is 0.278. The molecule has 0 radical (unpaired) electrons. The van der Waals surface area contributed by atoms with Crippen LogP contribution in [0, 0.1) is 0 Å². The van der Waals surface area contributed by atoms with Crippen LogP contribution in [-0.2, 0) is 32.5 Å². The molecule has 0 bridgehead atoms. The molecule has 94 heavy (non-hydrogen) atoms. The number of fused-ring (bicyclic) bond motifs is 36. The Balaban J connectivity index is 0.827. The first-order valence-electron chi connectivity index (χ1n) is 33.8. The average molecular weight is 1210 g/mol. The van der Waals surface area contributed by atoms with Gasteiger partial charge in [-0.2, -0.15) is 0 Å². The van der Waals surface area contributed by atoms with E-state index in [1.165, 1.54) is 150 Å². The highest BCUT2D eigenvalue weighted by Crippen LogP contribution is 2.68. The molecule has 0 spiro atoms. The largest absolute Gasteiger partial charge is 0.455 e. The molecule has 4 heteroatoms. The number of hydrogen-bond acceptors (Lipinski definition) is 4. The number of para-hydroxylation sites is 3. The molecule has 6 aliphatic rings. The predicted molar refractivity (Wildman–Crippen MR) is 388 cm³/mol. The van der Waals surface area contributed by atoms with Crippen LogP contribution in [0.4, 0.5) is 17.1 Å². The highest BCUT2D eigenvalue weighted by Gasteiger charge is 2.53. The monoisotopic (exact) mass is 1210 g/mol. The van der Waals surface area contributed by atoms with Gasteiger partial charge in [-0.1, -0.05) is 229 Å². The van der Waals surface area contributed by atoms with Gasteiger partial charge in [-0.25, -0.2) is 0 Å². The molecule has 6 aliphatic carbocycles. The van der Waals surface area contributed by atoms with E-state index < -0.39 is 16.2 Å². The summed E-state index contributed by atoms with van der Waals surface area (Å²) in [6.07, 6.45) is 0. The fourth-order valence-electron chi connectivity index (χ4n) is 20.4. The van der Waals surface area contributed by atoms with Crippen LogP contribution in [0.15, 0.2) is 213 Å². The Hall–Kier alpha value is -10.2. The number of furan rings is 3. The van der Waals surface area contributed by atoms with Gasteiger partial charge in [-0.05, 0) is 171 Å². The zero-order valence-electron chi connectivity index (χ0n) is 55.2. The molecule has 0 fully saturated rings. The number of anilines is 3. The van der Waals surface area contributed by atoms with E-state index in [9.17, 15) is 0 Å². The summed E-state index contributed by atoms with van der Waals surface area (Å²) in [5.41, 5.74) is 38.7. The Bertz CT molecular complexity index is 5520. The Kier molecular flexibility index (Phi) is 9.53. The fraction of sp³-hybridized carbons (Fsp3) is 0.200. The van der Waals surface area contributed by atoms with Gasteiger partial charge in [-0.3, -0.25) is 0 Å². The van der Waals surface area contributed by atoms with E-state index in [2.05, 4.69) is 288 Å². The van der Waals surface area contributed by atoms with Crippen molar-refractivity contribution in [2.75, 3.05) is 4.90 Å². The molecule has 0 saturated heterocycles. The maximum Gasteiger partial charge on any atom is 0.144 e. The predicted octanol–water partition coefficient (Wildman–Crippen LogP) is 24.7. The number of rotatable bonds is 3. The van der Waals surface area contributed by atoms with Crippen molar-refractivity contribution in [3.63, 3.8) is 0 Å². The summed E-state index contributed by atoms with van der Waals surface area (Å²) in [5, 5.41) is 7.12. The van der Waals surface area contributed by atoms with Crippen LogP contribution in [-0.4, -0.2) is 0 Å². The normalized spacial score (nSPS) is 17.2. The Labute approximate surface area is 547 Å². The molecular weight excluding hydrogens is 1140 g/mol. The van der Waals surface area contributed by atoms with E-state index in [-0.39, 0.29) is 16.2 Å². The van der Waals surface area contributed by atoms with Crippen molar-refractivity contribution in [2.24, 2.45) is 0 Å². The fourth-order valence-corrected chi connectivity index (χ4v) is 20.4. The third kappa shape index (κ3) is 5.99. The minimum Gasteiger partial charge on any atom is -0.455 e. The summed E-state index contributed by atoms with van der Waals surface area (Å²) in [6, 6.07) is 75.6. The van der Waals surface area contributed by atoms with E-state index in [0.717, 1.165) is 66.7 Å². The van der Waals surface area contributed by atoms with Crippen molar-refractivity contribution >= 4 is 82.9 Å². The Morgan fingerprint density at radius 2 is 0.468 bits per heavy atom. The van der Waals surface area contributed by atoms with Crippen LogP contribution in [0.3, 0.4) is 0 Å². The summed E-state index contributed by atoms with van der Waals surface area (Å²) in [6.45, 7) is 29.5. The van der Waals surface area contributed by atoms with Gasteiger partial charge in [0.2, 0.25) is 0 Å². The lowest BCUT2D eigenvalue weighted by Crippen LogP contribution is -2.25. The maximum absolute atomic E-state index is 7.15. The van der Waals surface area contributed by atoms with Gasteiger partial charge in [0.25, 0.3) is 0 Å². The molecule has 452 valence electrons. The van der Waals surface area contributed by atoms with Gasteiger partial charge < -0.3 is 18.2 Å². The van der Waals surface area contributed by atoms with E-state index in [1.807, 2.05) is 0 Å². The zero-order valence-corrected chi connectivity index (χ0v) is 55.2. The molecule has 0 N–H and O–H groups in total. The summed E-state index contributed by atoms with van der Waals surface area (Å²) < 4.78 is 21.5. The number of hydrogen-bond donors (Lipinski definition) is 0. The molecule has 0 atom stereocenters. The van der Waals surface area contributed by atoms with Crippen molar-refractivity contribution in [3.05, 3.63) is 267 Å². The van der Waals surface area contributed by atoms with Crippen LogP contribution in [0.1, 0.15) is 150 Å². The maximum atomic E-state index is 7.15. The van der Waals surface area contributed by atoms with E-state index >= 15 is 0 Å². The van der Waals surface area contributed by atoms with Crippen molar-refractivity contribution in [2.45, 2.75) is 116 Å². The summed E-state index contributed by atoms with van der Waals surface area (Å²) in [5.74, 6) is 0.